The summed E-state index contributed by atoms with van der Waals surface area (Å²) < 4.78 is 40.8. The van der Waals surface area contributed by atoms with E-state index in [0.29, 0.717) is 0 Å². The Labute approximate surface area is 136 Å². The largest absolute Gasteiger partial charge is 0.367 e. The van der Waals surface area contributed by atoms with Crippen LogP contribution in [0.25, 0.3) is 0 Å². The van der Waals surface area contributed by atoms with Crippen LogP contribution in [-0.4, -0.2) is 27.5 Å². The minimum Gasteiger partial charge on any atom is -0.367 e. The average Bonchev–Trinajstić information content (AvgIpc) is 3.03. The molecular formula is C17H19FN2O2S. The first-order valence-electron chi connectivity index (χ1n) is 7.64. The standard InChI is InChI=1S/C17H19FN2O2S/c18-16-10-4-5-11-17(16)23(21,22)19-13-15-9-6-12-20(15)14-7-2-1-3-8-14/h1-5,7-8,10-11,15,19H,6,9,12-13H2. The highest BCUT2D eigenvalue weighted by Gasteiger charge is 2.27. The fourth-order valence-corrected chi connectivity index (χ4v) is 4.10. The Morgan fingerprint density at radius 3 is 2.52 bits per heavy atom. The Morgan fingerprint density at radius 1 is 1.09 bits per heavy atom. The fraction of sp³-hybridized carbons (Fsp3) is 0.294. The van der Waals surface area contributed by atoms with Gasteiger partial charge in [0.05, 0.1) is 0 Å². The first kappa shape index (κ1) is 16.0. The van der Waals surface area contributed by atoms with E-state index in [4.69, 9.17) is 0 Å². The second-order valence-corrected chi connectivity index (χ2v) is 7.34. The molecule has 1 saturated heterocycles. The third-order valence-corrected chi connectivity index (χ3v) is 5.56. The summed E-state index contributed by atoms with van der Waals surface area (Å²) in [5.41, 5.74) is 1.08. The van der Waals surface area contributed by atoms with Crippen molar-refractivity contribution in [3.8, 4) is 0 Å². The van der Waals surface area contributed by atoms with Crippen LogP contribution in [0.4, 0.5) is 10.1 Å². The molecule has 122 valence electrons. The van der Waals surface area contributed by atoms with E-state index >= 15 is 0 Å². The van der Waals surface area contributed by atoms with Gasteiger partial charge in [-0.1, -0.05) is 30.3 Å². The molecule has 1 fully saturated rings. The van der Waals surface area contributed by atoms with Crippen LogP contribution in [0.1, 0.15) is 12.8 Å². The van der Waals surface area contributed by atoms with Gasteiger partial charge < -0.3 is 4.90 Å². The van der Waals surface area contributed by atoms with Gasteiger partial charge in [0.2, 0.25) is 10.0 Å². The minimum absolute atomic E-state index is 0.0824. The molecule has 2 aromatic rings. The van der Waals surface area contributed by atoms with E-state index in [1.54, 1.807) is 0 Å². The Bertz CT molecular complexity index is 765. The number of benzene rings is 2. The van der Waals surface area contributed by atoms with Crippen molar-refractivity contribution in [1.29, 1.82) is 0 Å². The molecule has 4 nitrogen and oxygen atoms in total. The van der Waals surface area contributed by atoms with Crippen molar-refractivity contribution in [2.75, 3.05) is 18.0 Å². The van der Waals surface area contributed by atoms with Gasteiger partial charge in [-0.25, -0.2) is 17.5 Å². The van der Waals surface area contributed by atoms with Gasteiger partial charge in [-0.15, -0.1) is 0 Å². The molecule has 3 rings (SSSR count). The number of hydrogen-bond acceptors (Lipinski definition) is 3. The van der Waals surface area contributed by atoms with Crippen LogP contribution >= 0.6 is 0 Å². The molecule has 0 aromatic heterocycles. The summed E-state index contributed by atoms with van der Waals surface area (Å²) in [6, 6.07) is 15.4. The number of nitrogens with one attached hydrogen (secondary N) is 1. The molecule has 0 saturated carbocycles. The summed E-state index contributed by atoms with van der Waals surface area (Å²) in [5.74, 6) is -0.730. The molecule has 2 aromatic carbocycles. The van der Waals surface area contributed by atoms with Crippen LogP contribution in [0.3, 0.4) is 0 Å². The van der Waals surface area contributed by atoms with Crippen molar-refractivity contribution in [2.24, 2.45) is 0 Å². The maximum Gasteiger partial charge on any atom is 0.243 e. The number of sulfonamides is 1. The summed E-state index contributed by atoms with van der Waals surface area (Å²) in [7, 11) is -3.84. The van der Waals surface area contributed by atoms with E-state index < -0.39 is 15.8 Å². The number of hydrogen-bond donors (Lipinski definition) is 1. The minimum atomic E-state index is -3.84. The maximum absolute atomic E-state index is 13.7. The zero-order chi connectivity index (χ0) is 16.3. The smallest absolute Gasteiger partial charge is 0.243 e. The number of rotatable bonds is 5. The van der Waals surface area contributed by atoms with Crippen molar-refractivity contribution in [3.05, 3.63) is 60.4 Å². The lowest BCUT2D eigenvalue weighted by Crippen LogP contribution is -2.40. The monoisotopic (exact) mass is 334 g/mol. The van der Waals surface area contributed by atoms with Gasteiger partial charge in [0.25, 0.3) is 0 Å². The predicted molar refractivity (Wildman–Crippen MR) is 88.4 cm³/mol. The second kappa shape index (κ2) is 6.68. The summed E-state index contributed by atoms with van der Waals surface area (Å²) >= 11 is 0. The highest BCUT2D eigenvalue weighted by atomic mass is 32.2. The lowest BCUT2D eigenvalue weighted by molar-refractivity contribution is 0.548. The van der Waals surface area contributed by atoms with E-state index in [2.05, 4.69) is 9.62 Å². The highest BCUT2D eigenvalue weighted by Crippen LogP contribution is 2.25. The van der Waals surface area contributed by atoms with Crippen LogP contribution in [0.5, 0.6) is 0 Å². The van der Waals surface area contributed by atoms with Crippen molar-refractivity contribution >= 4 is 15.7 Å². The van der Waals surface area contributed by atoms with Crippen molar-refractivity contribution < 1.29 is 12.8 Å². The molecule has 1 unspecified atom stereocenters. The van der Waals surface area contributed by atoms with Crippen LogP contribution in [0, 0.1) is 5.82 Å². The Balaban J connectivity index is 1.71. The average molecular weight is 334 g/mol. The molecule has 0 aliphatic carbocycles. The number of nitrogens with zero attached hydrogens (tertiary/aromatic N) is 1. The van der Waals surface area contributed by atoms with E-state index in [1.807, 2.05) is 30.3 Å². The molecule has 0 spiro atoms. The van der Waals surface area contributed by atoms with Crippen LogP contribution in [-0.2, 0) is 10.0 Å². The van der Waals surface area contributed by atoms with Gasteiger partial charge in [0.1, 0.15) is 10.7 Å². The molecule has 0 bridgehead atoms. The first-order chi connectivity index (χ1) is 11.1. The second-order valence-electron chi connectivity index (χ2n) is 5.61. The molecule has 1 heterocycles. The van der Waals surface area contributed by atoms with E-state index in [1.165, 1.54) is 18.2 Å². The van der Waals surface area contributed by atoms with Crippen LogP contribution in [0.2, 0.25) is 0 Å². The number of anilines is 1. The topological polar surface area (TPSA) is 49.4 Å². The summed E-state index contributed by atoms with van der Waals surface area (Å²) in [5, 5.41) is 0. The van der Waals surface area contributed by atoms with Crippen molar-refractivity contribution in [3.63, 3.8) is 0 Å². The van der Waals surface area contributed by atoms with Gasteiger partial charge >= 0.3 is 0 Å². The summed E-state index contributed by atoms with van der Waals surface area (Å²) in [4.78, 5) is 1.90. The van der Waals surface area contributed by atoms with E-state index in [0.717, 1.165) is 31.1 Å². The SMILES string of the molecule is O=S(=O)(NCC1CCCN1c1ccccc1)c1ccccc1F. The third kappa shape index (κ3) is 3.54. The maximum atomic E-state index is 13.7. The molecule has 23 heavy (non-hydrogen) atoms. The van der Waals surface area contributed by atoms with Gasteiger partial charge in [-0.2, -0.15) is 0 Å². The molecule has 1 atom stereocenters. The Morgan fingerprint density at radius 2 is 1.78 bits per heavy atom. The van der Waals surface area contributed by atoms with Gasteiger partial charge in [0.15, 0.2) is 0 Å². The summed E-state index contributed by atoms with van der Waals surface area (Å²) in [6.45, 7) is 1.17. The van der Waals surface area contributed by atoms with E-state index in [9.17, 15) is 12.8 Å². The Kier molecular flexibility index (Phi) is 4.63. The Hall–Kier alpha value is -1.92. The molecule has 0 radical (unpaired) electrons. The van der Waals surface area contributed by atoms with Crippen LogP contribution in [0.15, 0.2) is 59.5 Å². The predicted octanol–water partition coefficient (Wildman–Crippen LogP) is 2.77. The van der Waals surface area contributed by atoms with Crippen LogP contribution < -0.4 is 9.62 Å². The quantitative estimate of drug-likeness (QED) is 0.915. The zero-order valence-electron chi connectivity index (χ0n) is 12.7. The molecule has 6 heteroatoms. The van der Waals surface area contributed by atoms with Gasteiger partial charge in [0, 0.05) is 24.8 Å². The fourth-order valence-electron chi connectivity index (χ4n) is 2.95. The lowest BCUT2D eigenvalue weighted by Gasteiger charge is -2.27. The number of halogens is 1. The molecule has 0 amide bonds. The first-order valence-corrected chi connectivity index (χ1v) is 9.12. The summed E-state index contributed by atoms with van der Waals surface area (Å²) in [6.07, 6.45) is 1.93. The molecule has 1 aliphatic rings. The molecule has 1 aliphatic heterocycles. The number of para-hydroxylation sites is 1. The highest BCUT2D eigenvalue weighted by molar-refractivity contribution is 7.89. The normalized spacial score (nSPS) is 18.3. The molecular weight excluding hydrogens is 315 g/mol. The van der Waals surface area contributed by atoms with E-state index in [-0.39, 0.29) is 17.5 Å². The van der Waals surface area contributed by atoms with Crippen molar-refractivity contribution in [2.45, 2.75) is 23.8 Å². The lowest BCUT2D eigenvalue weighted by atomic mass is 10.2. The third-order valence-electron chi connectivity index (χ3n) is 4.10. The zero-order valence-corrected chi connectivity index (χ0v) is 13.5. The van der Waals surface area contributed by atoms with Gasteiger partial charge in [-0.3, -0.25) is 0 Å². The van der Waals surface area contributed by atoms with Gasteiger partial charge in [-0.05, 0) is 37.1 Å². The van der Waals surface area contributed by atoms with Crippen molar-refractivity contribution in [1.82, 2.24) is 4.72 Å². The molecule has 1 N–H and O–H groups in total.